The van der Waals surface area contributed by atoms with Gasteiger partial charge in [0, 0.05) is 18.5 Å². The van der Waals surface area contributed by atoms with Crippen molar-refractivity contribution in [2.24, 2.45) is 5.92 Å². The van der Waals surface area contributed by atoms with Crippen LogP contribution in [-0.2, 0) is 23.0 Å². The summed E-state index contributed by atoms with van der Waals surface area (Å²) in [5, 5.41) is 0. The van der Waals surface area contributed by atoms with Crippen molar-refractivity contribution in [1.82, 2.24) is 4.31 Å². The van der Waals surface area contributed by atoms with Crippen molar-refractivity contribution in [3.63, 3.8) is 0 Å². The third kappa shape index (κ3) is 4.70. The quantitative estimate of drug-likeness (QED) is 0.685. The van der Waals surface area contributed by atoms with Crippen LogP contribution in [0.15, 0.2) is 24.3 Å². The molecule has 5 heteroatoms. The van der Waals surface area contributed by atoms with E-state index in [-0.39, 0.29) is 17.7 Å². The number of rotatable bonds is 8. The second-order valence-corrected chi connectivity index (χ2v) is 8.26. The van der Waals surface area contributed by atoms with Crippen LogP contribution in [0.25, 0.3) is 0 Å². The van der Waals surface area contributed by atoms with Crippen molar-refractivity contribution in [3.8, 4) is 0 Å². The van der Waals surface area contributed by atoms with E-state index in [2.05, 4.69) is 19.1 Å². The Bertz CT molecular complexity index is 552. The Hall–Kier alpha value is -0.580. The third-order valence-electron chi connectivity index (χ3n) is 3.84. The zero-order chi connectivity index (χ0) is 15.5. The van der Waals surface area contributed by atoms with Crippen molar-refractivity contribution in [3.05, 3.63) is 35.4 Å². The number of hydrogen-bond acceptors (Lipinski definition) is 2. The molecule has 1 aliphatic carbocycles. The fourth-order valence-electron chi connectivity index (χ4n) is 2.38. The van der Waals surface area contributed by atoms with Crippen LogP contribution in [0.4, 0.5) is 0 Å². The summed E-state index contributed by atoms with van der Waals surface area (Å²) in [4.78, 5) is 0. The minimum Gasteiger partial charge on any atom is -0.212 e. The monoisotopic (exact) mass is 329 g/mol. The average Bonchev–Trinajstić information content (AvgIpc) is 3.29. The number of alkyl halides is 1. The Morgan fingerprint density at radius 1 is 1.24 bits per heavy atom. The number of aryl methyl sites for hydroxylation is 1. The van der Waals surface area contributed by atoms with Gasteiger partial charge in [-0.1, -0.05) is 38.1 Å². The fraction of sp³-hybridized carbons (Fsp3) is 0.625. The SMILES string of the molecule is CCc1ccc(CN(C2CC2)S(=O)(=O)CC(C)CCl)cc1. The minimum absolute atomic E-state index is 0.0135. The molecule has 21 heavy (non-hydrogen) atoms. The summed E-state index contributed by atoms with van der Waals surface area (Å²) >= 11 is 5.77. The van der Waals surface area contributed by atoms with Crippen LogP contribution in [0.5, 0.6) is 0 Å². The van der Waals surface area contributed by atoms with Gasteiger partial charge in [-0.15, -0.1) is 11.6 Å². The molecule has 1 atom stereocenters. The molecule has 1 aromatic carbocycles. The molecule has 1 aliphatic rings. The molecule has 3 nitrogen and oxygen atoms in total. The number of halogens is 1. The third-order valence-corrected chi connectivity index (χ3v) is 6.50. The summed E-state index contributed by atoms with van der Waals surface area (Å²) in [7, 11) is -3.24. The lowest BCUT2D eigenvalue weighted by molar-refractivity contribution is 0.395. The summed E-state index contributed by atoms with van der Waals surface area (Å²) in [6.45, 7) is 4.47. The first-order valence-corrected chi connectivity index (χ1v) is 9.74. The summed E-state index contributed by atoms with van der Waals surface area (Å²) in [5.74, 6) is 0.503. The van der Waals surface area contributed by atoms with Gasteiger partial charge >= 0.3 is 0 Å². The summed E-state index contributed by atoms with van der Waals surface area (Å²) in [5.41, 5.74) is 2.33. The van der Waals surface area contributed by atoms with E-state index in [0.29, 0.717) is 12.4 Å². The molecule has 1 saturated carbocycles. The predicted molar refractivity (Wildman–Crippen MR) is 88.1 cm³/mol. The highest BCUT2D eigenvalue weighted by molar-refractivity contribution is 7.89. The molecule has 0 saturated heterocycles. The van der Waals surface area contributed by atoms with Crippen molar-refractivity contribution in [2.75, 3.05) is 11.6 Å². The molecule has 0 spiro atoms. The topological polar surface area (TPSA) is 37.4 Å². The van der Waals surface area contributed by atoms with Gasteiger partial charge in [-0.2, -0.15) is 4.31 Å². The van der Waals surface area contributed by atoms with Crippen LogP contribution in [0.1, 0.15) is 37.8 Å². The van der Waals surface area contributed by atoms with Crippen LogP contribution in [0, 0.1) is 5.92 Å². The maximum absolute atomic E-state index is 12.6. The van der Waals surface area contributed by atoms with E-state index in [4.69, 9.17) is 11.6 Å². The largest absolute Gasteiger partial charge is 0.214 e. The average molecular weight is 330 g/mol. The first kappa shape index (κ1) is 16.8. The standard InChI is InChI=1S/C16H24ClNO2S/c1-3-14-4-6-15(7-5-14)11-18(16-8-9-16)21(19,20)12-13(2)10-17/h4-7,13,16H,3,8-12H2,1-2H3. The molecule has 0 bridgehead atoms. The van der Waals surface area contributed by atoms with Crippen LogP contribution in [0.3, 0.4) is 0 Å². The Morgan fingerprint density at radius 3 is 2.29 bits per heavy atom. The highest BCUT2D eigenvalue weighted by Gasteiger charge is 2.37. The molecule has 0 amide bonds. The molecular formula is C16H24ClNO2S. The van der Waals surface area contributed by atoms with E-state index in [1.807, 2.05) is 19.1 Å². The first-order valence-electron chi connectivity index (χ1n) is 7.59. The number of nitrogens with zero attached hydrogens (tertiary/aromatic N) is 1. The second kappa shape index (κ2) is 7.12. The van der Waals surface area contributed by atoms with Gasteiger partial charge in [0.05, 0.1) is 5.75 Å². The molecule has 2 rings (SSSR count). The van der Waals surface area contributed by atoms with Crippen molar-refractivity contribution >= 4 is 21.6 Å². The van der Waals surface area contributed by atoms with E-state index in [9.17, 15) is 8.42 Å². The lowest BCUT2D eigenvalue weighted by Crippen LogP contribution is -2.36. The van der Waals surface area contributed by atoms with Crippen LogP contribution < -0.4 is 0 Å². The summed E-state index contributed by atoms with van der Waals surface area (Å²) < 4.78 is 26.8. The molecule has 0 aromatic heterocycles. The van der Waals surface area contributed by atoms with Gasteiger partial charge in [0.2, 0.25) is 10.0 Å². The van der Waals surface area contributed by atoms with E-state index in [0.717, 1.165) is 24.8 Å². The second-order valence-electron chi connectivity index (χ2n) is 5.98. The van der Waals surface area contributed by atoms with Crippen LogP contribution in [0.2, 0.25) is 0 Å². The highest BCUT2D eigenvalue weighted by atomic mass is 35.5. The maximum Gasteiger partial charge on any atom is 0.214 e. The van der Waals surface area contributed by atoms with Gasteiger partial charge in [-0.3, -0.25) is 0 Å². The van der Waals surface area contributed by atoms with E-state index >= 15 is 0 Å². The number of sulfonamides is 1. The molecule has 1 aromatic rings. The van der Waals surface area contributed by atoms with Gasteiger partial charge in [0.15, 0.2) is 0 Å². The molecular weight excluding hydrogens is 306 g/mol. The predicted octanol–water partition coefficient (Wildman–Crippen LogP) is 3.42. The molecule has 0 N–H and O–H groups in total. The molecule has 0 aliphatic heterocycles. The van der Waals surface area contributed by atoms with Crippen LogP contribution in [-0.4, -0.2) is 30.4 Å². The molecule has 118 valence electrons. The van der Waals surface area contributed by atoms with Crippen LogP contribution >= 0.6 is 11.6 Å². The molecule has 0 radical (unpaired) electrons. The Kier molecular flexibility index (Phi) is 5.69. The highest BCUT2D eigenvalue weighted by Crippen LogP contribution is 2.31. The van der Waals surface area contributed by atoms with Crippen molar-refractivity contribution in [2.45, 2.75) is 45.7 Å². The van der Waals surface area contributed by atoms with E-state index in [1.165, 1.54) is 5.56 Å². The zero-order valence-electron chi connectivity index (χ0n) is 12.8. The number of hydrogen-bond donors (Lipinski definition) is 0. The van der Waals surface area contributed by atoms with Gasteiger partial charge in [0.25, 0.3) is 0 Å². The summed E-state index contributed by atoms with van der Waals surface area (Å²) in [6, 6.07) is 8.41. The zero-order valence-corrected chi connectivity index (χ0v) is 14.3. The van der Waals surface area contributed by atoms with Crippen molar-refractivity contribution in [1.29, 1.82) is 0 Å². The Labute approximate surface area is 133 Å². The Balaban J connectivity index is 2.11. The molecule has 0 heterocycles. The molecule has 1 unspecified atom stereocenters. The van der Waals surface area contributed by atoms with Gasteiger partial charge in [-0.25, -0.2) is 8.42 Å². The van der Waals surface area contributed by atoms with E-state index in [1.54, 1.807) is 4.31 Å². The Morgan fingerprint density at radius 2 is 1.81 bits per heavy atom. The van der Waals surface area contributed by atoms with Gasteiger partial charge in [0.1, 0.15) is 0 Å². The van der Waals surface area contributed by atoms with E-state index < -0.39 is 10.0 Å². The first-order chi connectivity index (χ1) is 9.96. The molecule has 1 fully saturated rings. The lowest BCUT2D eigenvalue weighted by atomic mass is 10.1. The minimum atomic E-state index is -3.24. The van der Waals surface area contributed by atoms with Gasteiger partial charge < -0.3 is 0 Å². The lowest BCUT2D eigenvalue weighted by Gasteiger charge is -2.23. The summed E-state index contributed by atoms with van der Waals surface area (Å²) in [6.07, 6.45) is 2.95. The maximum atomic E-state index is 12.6. The fourth-order valence-corrected chi connectivity index (χ4v) is 4.65. The smallest absolute Gasteiger partial charge is 0.212 e. The number of benzene rings is 1. The van der Waals surface area contributed by atoms with Gasteiger partial charge in [-0.05, 0) is 36.3 Å². The van der Waals surface area contributed by atoms with Crippen molar-refractivity contribution < 1.29 is 8.42 Å². The normalized spacial score (nSPS) is 17.1.